The van der Waals surface area contributed by atoms with Crippen molar-refractivity contribution in [1.82, 2.24) is 30.4 Å². The number of carbonyl (C=O) groups is 2. The van der Waals surface area contributed by atoms with E-state index < -0.39 is 17.8 Å². The number of nitrogens with zero attached hydrogens (tertiary/aromatic N) is 5. The van der Waals surface area contributed by atoms with Gasteiger partial charge in [-0.25, -0.2) is 4.79 Å². The molecule has 0 saturated carbocycles. The van der Waals surface area contributed by atoms with Gasteiger partial charge in [0.25, 0.3) is 5.91 Å². The normalized spacial score (nSPS) is 19.1. The van der Waals surface area contributed by atoms with E-state index in [0.29, 0.717) is 29.2 Å². The molecule has 1 aliphatic heterocycles. The van der Waals surface area contributed by atoms with Gasteiger partial charge in [0.05, 0.1) is 17.7 Å². The Hall–Kier alpha value is -3.17. The predicted octanol–water partition coefficient (Wildman–Crippen LogP) is 2.98. The second-order valence-corrected chi connectivity index (χ2v) is 9.46. The van der Waals surface area contributed by atoms with Crippen LogP contribution in [0.5, 0.6) is 5.75 Å². The highest BCUT2D eigenvalue weighted by molar-refractivity contribution is 5.99. The molecule has 32 heavy (non-hydrogen) atoms. The number of rotatable bonds is 4. The van der Waals surface area contributed by atoms with Crippen molar-refractivity contribution in [1.29, 1.82) is 0 Å². The highest BCUT2D eigenvalue weighted by atomic mass is 16.6. The van der Waals surface area contributed by atoms with E-state index >= 15 is 0 Å². The molecular formula is C22H32N6O4. The van der Waals surface area contributed by atoms with Gasteiger partial charge < -0.3 is 19.3 Å². The van der Waals surface area contributed by atoms with Gasteiger partial charge in [-0.15, -0.1) is 10.2 Å². The van der Waals surface area contributed by atoms with Crippen LogP contribution in [0.3, 0.4) is 0 Å². The molecule has 1 aliphatic rings. The number of amides is 2. The van der Waals surface area contributed by atoms with E-state index in [1.54, 1.807) is 25.2 Å². The monoisotopic (exact) mass is 444 g/mol. The Morgan fingerprint density at radius 3 is 2.62 bits per heavy atom. The van der Waals surface area contributed by atoms with Crippen molar-refractivity contribution in [3.05, 3.63) is 23.8 Å². The molecule has 2 aromatic rings. The maximum Gasteiger partial charge on any atom is 0.410 e. The van der Waals surface area contributed by atoms with Crippen molar-refractivity contribution in [2.24, 2.45) is 5.92 Å². The molecule has 0 fully saturated rings. The zero-order valence-electron chi connectivity index (χ0n) is 19.7. The van der Waals surface area contributed by atoms with Crippen LogP contribution in [0.25, 0.3) is 11.4 Å². The lowest BCUT2D eigenvalue weighted by atomic mass is 9.98. The minimum Gasteiger partial charge on any atom is -0.487 e. The molecule has 0 spiro atoms. The van der Waals surface area contributed by atoms with Crippen LogP contribution in [0.2, 0.25) is 0 Å². The fourth-order valence-corrected chi connectivity index (χ4v) is 3.56. The lowest BCUT2D eigenvalue weighted by molar-refractivity contribution is 0.0131. The molecule has 2 atom stereocenters. The Bertz CT molecular complexity index is 954. The number of ether oxygens (including phenoxy) is 2. The smallest absolute Gasteiger partial charge is 0.410 e. The first-order valence-electron chi connectivity index (χ1n) is 10.8. The summed E-state index contributed by atoms with van der Waals surface area (Å²) in [7, 11) is 1.68. The maximum atomic E-state index is 13.4. The number of aromatic amines is 1. The molecule has 3 rings (SSSR count). The molecule has 0 bridgehead atoms. The number of para-hydroxylation sites is 1. The number of hydrogen-bond acceptors (Lipinski definition) is 7. The molecule has 1 N–H and O–H groups in total. The van der Waals surface area contributed by atoms with Crippen LogP contribution in [0.15, 0.2) is 18.2 Å². The number of H-pyrrole nitrogens is 1. The van der Waals surface area contributed by atoms with E-state index in [-0.39, 0.29) is 24.4 Å². The first-order chi connectivity index (χ1) is 15.0. The number of hydrogen-bond donors (Lipinski definition) is 1. The number of likely N-dealkylation sites (N-methyl/N-ethyl adjacent to an activating group) is 1. The van der Waals surface area contributed by atoms with Crippen molar-refractivity contribution in [3.8, 4) is 17.1 Å². The van der Waals surface area contributed by atoms with Crippen molar-refractivity contribution in [2.45, 2.75) is 59.3 Å². The van der Waals surface area contributed by atoms with Gasteiger partial charge >= 0.3 is 6.09 Å². The first-order valence-corrected chi connectivity index (χ1v) is 10.8. The summed E-state index contributed by atoms with van der Waals surface area (Å²) in [6.07, 6.45) is -0.826. The van der Waals surface area contributed by atoms with E-state index in [4.69, 9.17) is 9.47 Å². The third-order valence-corrected chi connectivity index (χ3v) is 5.26. The van der Waals surface area contributed by atoms with Gasteiger partial charge in [-0.3, -0.25) is 4.79 Å². The van der Waals surface area contributed by atoms with E-state index in [9.17, 15) is 9.59 Å². The summed E-state index contributed by atoms with van der Waals surface area (Å²) in [4.78, 5) is 29.3. The van der Waals surface area contributed by atoms with Crippen molar-refractivity contribution >= 4 is 12.0 Å². The molecule has 1 aromatic heterocycles. The highest BCUT2D eigenvalue weighted by Crippen LogP contribution is 2.35. The van der Waals surface area contributed by atoms with Crippen LogP contribution in [0.4, 0.5) is 4.79 Å². The Morgan fingerprint density at radius 1 is 1.34 bits per heavy atom. The Balaban J connectivity index is 2.00. The lowest BCUT2D eigenvalue weighted by Gasteiger charge is -2.38. The summed E-state index contributed by atoms with van der Waals surface area (Å²) in [5.41, 5.74) is 0.392. The number of nitrogens with one attached hydrogen (secondary N) is 1. The summed E-state index contributed by atoms with van der Waals surface area (Å²) in [6, 6.07) is 5.30. The standard InChI is InChI=1S/C22H32N6O4/c1-13(2)28-11-14(3)17(12-27(7)21(30)32-22(4,5)6)31-18-15(19-23-25-26-24-19)9-8-10-16(18)20(28)29/h8-10,13-14,17H,11-12H2,1-7H3,(H,23,24,25,26)/t14-,17+/m0/s1. The van der Waals surface area contributed by atoms with Crippen molar-refractivity contribution in [3.63, 3.8) is 0 Å². The average molecular weight is 445 g/mol. The van der Waals surface area contributed by atoms with Gasteiger partial charge in [-0.2, -0.15) is 5.21 Å². The number of carbonyl (C=O) groups excluding carboxylic acids is 2. The molecule has 0 radical (unpaired) electrons. The highest BCUT2D eigenvalue weighted by Gasteiger charge is 2.35. The van der Waals surface area contributed by atoms with Crippen LogP contribution in [0, 0.1) is 5.92 Å². The zero-order valence-corrected chi connectivity index (χ0v) is 19.7. The third kappa shape index (κ3) is 5.17. The van der Waals surface area contributed by atoms with Gasteiger partial charge in [-0.05, 0) is 52.0 Å². The van der Waals surface area contributed by atoms with Crippen molar-refractivity contribution < 1.29 is 19.1 Å². The summed E-state index contributed by atoms with van der Waals surface area (Å²) in [6.45, 7) is 12.2. The van der Waals surface area contributed by atoms with E-state index in [2.05, 4.69) is 20.6 Å². The fourth-order valence-electron chi connectivity index (χ4n) is 3.56. The summed E-state index contributed by atoms with van der Waals surface area (Å²) in [5, 5.41) is 14.2. The summed E-state index contributed by atoms with van der Waals surface area (Å²) < 4.78 is 11.9. The van der Waals surface area contributed by atoms with Crippen LogP contribution in [-0.2, 0) is 4.74 Å². The SMILES string of the molecule is CC(C)N1C[C@H](C)[C@@H](CN(C)C(=O)OC(C)(C)C)Oc2c(cccc2-c2nn[nH]n2)C1=O. The topological polar surface area (TPSA) is 114 Å². The molecule has 10 heteroatoms. The molecule has 10 nitrogen and oxygen atoms in total. The van der Waals surface area contributed by atoms with E-state index in [1.165, 1.54) is 4.90 Å². The minimum atomic E-state index is -0.599. The van der Waals surface area contributed by atoms with Gasteiger partial charge in [-0.1, -0.05) is 13.0 Å². The fraction of sp³-hybridized carbons (Fsp3) is 0.591. The summed E-state index contributed by atoms with van der Waals surface area (Å²) >= 11 is 0. The largest absolute Gasteiger partial charge is 0.487 e. The van der Waals surface area contributed by atoms with Gasteiger partial charge in [0.15, 0.2) is 0 Å². The predicted molar refractivity (Wildman–Crippen MR) is 118 cm³/mol. The van der Waals surface area contributed by atoms with E-state index in [1.807, 2.05) is 46.4 Å². The zero-order chi connectivity index (χ0) is 23.6. The Kier molecular flexibility index (Phi) is 6.71. The second-order valence-electron chi connectivity index (χ2n) is 9.46. The third-order valence-electron chi connectivity index (χ3n) is 5.26. The number of aromatic nitrogens is 4. The second kappa shape index (κ2) is 9.13. The van der Waals surface area contributed by atoms with Crippen LogP contribution in [0.1, 0.15) is 51.9 Å². The minimum absolute atomic E-state index is 0.00559. The number of tetrazole rings is 1. The molecule has 2 amide bonds. The quantitative estimate of drug-likeness (QED) is 0.771. The number of fused-ring (bicyclic) bond motifs is 1. The van der Waals surface area contributed by atoms with Crippen LogP contribution in [-0.4, -0.2) is 80.3 Å². The van der Waals surface area contributed by atoms with Crippen molar-refractivity contribution in [2.75, 3.05) is 20.1 Å². The molecule has 0 aliphatic carbocycles. The average Bonchev–Trinajstić information content (AvgIpc) is 3.23. The molecule has 0 saturated heterocycles. The van der Waals surface area contributed by atoms with Gasteiger partial charge in [0.2, 0.25) is 5.82 Å². The van der Waals surface area contributed by atoms with Crippen LogP contribution < -0.4 is 4.74 Å². The Morgan fingerprint density at radius 2 is 2.03 bits per heavy atom. The molecule has 1 aromatic carbocycles. The Labute approximate surface area is 188 Å². The summed E-state index contributed by atoms with van der Waals surface area (Å²) in [5.74, 6) is 0.542. The maximum absolute atomic E-state index is 13.4. The number of benzene rings is 1. The molecule has 2 heterocycles. The van der Waals surface area contributed by atoms with E-state index in [0.717, 1.165) is 0 Å². The molecular weight excluding hydrogens is 412 g/mol. The van der Waals surface area contributed by atoms with Crippen LogP contribution >= 0.6 is 0 Å². The lowest BCUT2D eigenvalue weighted by Crippen LogP contribution is -2.49. The van der Waals surface area contributed by atoms with Gasteiger partial charge in [0, 0.05) is 25.6 Å². The van der Waals surface area contributed by atoms with Gasteiger partial charge in [0.1, 0.15) is 17.5 Å². The molecule has 174 valence electrons. The first kappa shape index (κ1) is 23.5. The molecule has 0 unspecified atom stereocenters.